The van der Waals surface area contributed by atoms with Gasteiger partial charge in [0, 0.05) is 23.9 Å². The summed E-state index contributed by atoms with van der Waals surface area (Å²) in [5, 5.41) is 35.7. The summed E-state index contributed by atoms with van der Waals surface area (Å²) >= 11 is 0. The van der Waals surface area contributed by atoms with Gasteiger partial charge in [0.25, 0.3) is 5.69 Å². The summed E-state index contributed by atoms with van der Waals surface area (Å²) in [7, 11) is 1.40. The van der Waals surface area contributed by atoms with Gasteiger partial charge in [0.1, 0.15) is 17.1 Å². The molecule has 0 fully saturated rings. The number of ether oxygens (including phenoxy) is 1. The molecule has 0 atom stereocenters. The van der Waals surface area contributed by atoms with Crippen LogP contribution in [0.3, 0.4) is 0 Å². The first-order chi connectivity index (χ1) is 12.9. The number of nitro benzene ring substituents is 1. The van der Waals surface area contributed by atoms with Gasteiger partial charge in [0.15, 0.2) is 6.80 Å². The number of alkyl halides is 1. The molecule has 140 valence electrons. The van der Waals surface area contributed by atoms with E-state index in [1.165, 1.54) is 37.4 Å². The minimum Gasteiger partial charge on any atom is -0.494 e. The van der Waals surface area contributed by atoms with E-state index in [0.29, 0.717) is 5.56 Å². The fraction of sp³-hybridized carbons (Fsp3) is 0.176. The van der Waals surface area contributed by atoms with Crippen LogP contribution >= 0.6 is 0 Å². The van der Waals surface area contributed by atoms with Gasteiger partial charge in [-0.05, 0) is 12.1 Å². The highest BCUT2D eigenvalue weighted by molar-refractivity contribution is 5.69. The summed E-state index contributed by atoms with van der Waals surface area (Å²) in [5.74, 6) is -2.26. The minimum absolute atomic E-state index is 0.0807. The van der Waals surface area contributed by atoms with Crippen molar-refractivity contribution in [1.29, 1.82) is 0 Å². The molecule has 2 N–H and O–H groups in total. The van der Waals surface area contributed by atoms with E-state index in [1.807, 2.05) is 0 Å². The molecule has 0 aliphatic carbocycles. The summed E-state index contributed by atoms with van der Waals surface area (Å²) in [5.41, 5.74) is 0.137. The van der Waals surface area contributed by atoms with Crippen LogP contribution < -0.4 is 4.74 Å². The monoisotopic (exact) mass is 374 g/mol. The summed E-state index contributed by atoms with van der Waals surface area (Å²) in [6, 6.07) is 8.47. The van der Waals surface area contributed by atoms with E-state index in [1.54, 1.807) is 6.07 Å². The Morgan fingerprint density at radius 2 is 2.11 bits per heavy atom. The first-order valence-electron chi connectivity index (χ1n) is 7.70. The van der Waals surface area contributed by atoms with Crippen molar-refractivity contribution < 1.29 is 24.3 Å². The molecule has 2 aromatic heterocycles. The molecule has 1 aromatic carbocycles. The van der Waals surface area contributed by atoms with Gasteiger partial charge < -0.3 is 14.9 Å². The van der Waals surface area contributed by atoms with Crippen LogP contribution in [0.25, 0.3) is 11.3 Å². The maximum absolute atomic E-state index is 12.7. The maximum Gasteiger partial charge on any atom is 0.270 e. The molecule has 3 rings (SSSR count). The number of aromatic nitrogens is 3. The number of hydrogen-bond donors (Lipinski definition) is 2. The third-order valence-corrected chi connectivity index (χ3v) is 3.92. The zero-order chi connectivity index (χ0) is 19.6. The van der Waals surface area contributed by atoms with Gasteiger partial charge in [-0.2, -0.15) is 5.10 Å². The number of rotatable bonds is 6. The third kappa shape index (κ3) is 3.48. The van der Waals surface area contributed by atoms with Gasteiger partial charge in [-0.25, -0.2) is 14.1 Å². The zero-order valence-corrected chi connectivity index (χ0v) is 14.1. The molecule has 0 saturated heterocycles. The lowest BCUT2D eigenvalue weighted by Gasteiger charge is -2.21. The van der Waals surface area contributed by atoms with E-state index < -0.39 is 17.5 Å². The molecular weight excluding hydrogens is 359 g/mol. The Morgan fingerprint density at radius 1 is 1.33 bits per heavy atom. The van der Waals surface area contributed by atoms with Crippen LogP contribution in [0, 0.1) is 10.1 Å². The molecule has 10 heteroatoms. The summed E-state index contributed by atoms with van der Waals surface area (Å²) in [6.45, 7) is -0.926. The Bertz CT molecular complexity index is 989. The van der Waals surface area contributed by atoms with E-state index in [4.69, 9.17) is 4.74 Å². The highest BCUT2D eigenvalue weighted by atomic mass is 19.1. The van der Waals surface area contributed by atoms with Crippen LogP contribution in [-0.2, 0) is 12.6 Å². The molecule has 0 amide bonds. The maximum atomic E-state index is 12.7. The second-order valence-electron chi connectivity index (χ2n) is 5.62. The van der Waals surface area contributed by atoms with E-state index in [-0.39, 0.29) is 28.4 Å². The van der Waals surface area contributed by atoms with Crippen LogP contribution in [0.15, 0.2) is 48.8 Å². The lowest BCUT2D eigenvalue weighted by Crippen LogP contribution is -2.27. The fourth-order valence-corrected chi connectivity index (χ4v) is 2.54. The molecule has 9 nitrogen and oxygen atoms in total. The smallest absolute Gasteiger partial charge is 0.270 e. The Labute approximate surface area is 152 Å². The van der Waals surface area contributed by atoms with Gasteiger partial charge in [0.2, 0.25) is 5.79 Å². The third-order valence-electron chi connectivity index (χ3n) is 3.92. The Kier molecular flexibility index (Phi) is 4.84. The minimum atomic E-state index is -2.55. The molecule has 27 heavy (non-hydrogen) atoms. The first kappa shape index (κ1) is 18.4. The van der Waals surface area contributed by atoms with Crippen LogP contribution in [-0.4, -0.2) is 37.0 Å². The lowest BCUT2D eigenvalue weighted by molar-refractivity contribution is -0.384. The van der Waals surface area contributed by atoms with Gasteiger partial charge in [-0.15, -0.1) is 0 Å². The topological polar surface area (TPSA) is 124 Å². The lowest BCUT2D eigenvalue weighted by atomic mass is 10.0. The van der Waals surface area contributed by atoms with Crippen molar-refractivity contribution in [2.24, 2.45) is 0 Å². The Balaban J connectivity index is 2.11. The van der Waals surface area contributed by atoms with Crippen molar-refractivity contribution >= 4 is 5.69 Å². The molecule has 0 radical (unpaired) electrons. The number of halogens is 1. The first-order valence-corrected chi connectivity index (χ1v) is 7.70. The van der Waals surface area contributed by atoms with Crippen LogP contribution in [0.5, 0.6) is 5.75 Å². The number of benzene rings is 1. The molecule has 0 aliphatic rings. The van der Waals surface area contributed by atoms with Crippen molar-refractivity contribution in [2.75, 3.05) is 7.11 Å². The number of methoxy groups -OCH3 is 1. The van der Waals surface area contributed by atoms with Gasteiger partial charge >= 0.3 is 0 Å². The summed E-state index contributed by atoms with van der Waals surface area (Å²) in [6.07, 6.45) is 2.25. The number of nitro groups is 1. The van der Waals surface area contributed by atoms with Gasteiger partial charge in [-0.3, -0.25) is 10.1 Å². The Hall–Kier alpha value is -3.37. The molecular formula is C17H15FN4O5. The molecule has 0 saturated carbocycles. The van der Waals surface area contributed by atoms with Crippen LogP contribution in [0.4, 0.5) is 10.1 Å². The zero-order valence-electron chi connectivity index (χ0n) is 14.1. The second-order valence-corrected chi connectivity index (χ2v) is 5.62. The van der Waals surface area contributed by atoms with E-state index in [9.17, 15) is 24.7 Å². The average molecular weight is 374 g/mol. The number of nitrogens with zero attached hydrogens (tertiary/aromatic N) is 4. The number of hydrogen-bond acceptors (Lipinski definition) is 7. The van der Waals surface area contributed by atoms with Crippen LogP contribution in [0.1, 0.15) is 11.3 Å². The van der Waals surface area contributed by atoms with E-state index in [2.05, 4.69) is 10.1 Å². The predicted octanol–water partition coefficient (Wildman–Crippen LogP) is 1.97. The van der Waals surface area contributed by atoms with E-state index >= 15 is 0 Å². The van der Waals surface area contributed by atoms with Gasteiger partial charge in [-0.1, -0.05) is 12.1 Å². The molecule has 0 spiro atoms. The molecule has 0 bridgehead atoms. The second kappa shape index (κ2) is 7.09. The molecule has 2 heterocycles. The van der Waals surface area contributed by atoms with Crippen molar-refractivity contribution in [3.05, 3.63) is 70.2 Å². The predicted molar refractivity (Wildman–Crippen MR) is 91.4 cm³/mol. The normalized spacial score (nSPS) is 11.4. The van der Waals surface area contributed by atoms with Crippen LogP contribution in [0.2, 0.25) is 0 Å². The number of pyridine rings is 1. The van der Waals surface area contributed by atoms with Crippen molar-refractivity contribution in [1.82, 2.24) is 14.8 Å². The van der Waals surface area contributed by atoms with Gasteiger partial charge in [0.05, 0.1) is 23.8 Å². The van der Waals surface area contributed by atoms with E-state index in [0.717, 1.165) is 17.1 Å². The average Bonchev–Trinajstić information content (AvgIpc) is 3.17. The standard InChI is InChI=1S/C17H15FN4O5/c1-27-14-5-6-15(17(23,24)12-8-19-21(9-12)10-18)20-16(14)11-3-2-4-13(7-11)22(25)26/h2-9,23-24H,10H2,1H3. The Morgan fingerprint density at radius 3 is 2.74 bits per heavy atom. The highest BCUT2D eigenvalue weighted by Gasteiger charge is 2.33. The molecule has 0 unspecified atom stereocenters. The fourth-order valence-electron chi connectivity index (χ4n) is 2.54. The SMILES string of the molecule is COc1ccc(C(O)(O)c2cnn(CF)c2)nc1-c1cccc([N+](=O)[O-])c1. The molecule has 0 aliphatic heterocycles. The quantitative estimate of drug-likeness (QED) is 0.384. The summed E-state index contributed by atoms with van der Waals surface area (Å²) in [4.78, 5) is 14.7. The largest absolute Gasteiger partial charge is 0.494 e. The van der Waals surface area contributed by atoms with Crippen molar-refractivity contribution in [3.63, 3.8) is 0 Å². The molecule has 3 aromatic rings. The summed E-state index contributed by atoms with van der Waals surface area (Å²) < 4.78 is 18.8. The van der Waals surface area contributed by atoms with Crippen molar-refractivity contribution in [3.8, 4) is 17.0 Å². The number of aliphatic hydroxyl groups is 2. The number of non-ortho nitro benzene ring substituents is 1. The highest BCUT2D eigenvalue weighted by Crippen LogP contribution is 2.34. The van der Waals surface area contributed by atoms with Crippen molar-refractivity contribution in [2.45, 2.75) is 12.6 Å².